The summed E-state index contributed by atoms with van der Waals surface area (Å²) >= 11 is 0. The van der Waals surface area contributed by atoms with Crippen LogP contribution < -0.4 is 5.32 Å². The maximum atomic E-state index is 13.2. The Kier molecular flexibility index (Phi) is 7.11. The molecule has 168 valence electrons. The molecule has 1 aromatic heterocycles. The number of aromatic nitrogens is 1. The van der Waals surface area contributed by atoms with Gasteiger partial charge in [-0.15, -0.1) is 0 Å². The fourth-order valence-electron chi connectivity index (χ4n) is 3.52. The SMILES string of the molecule is Cc1cc(F)ccc1NC(=O)CN(C)S(=O)(=O)c1c[nH]c(C(=O)N2CCCCCC2)c1. The van der Waals surface area contributed by atoms with Gasteiger partial charge in [-0.3, -0.25) is 9.59 Å². The van der Waals surface area contributed by atoms with Crippen molar-refractivity contribution in [1.82, 2.24) is 14.2 Å². The first-order valence-electron chi connectivity index (χ1n) is 10.2. The number of nitrogens with one attached hydrogen (secondary N) is 2. The molecule has 0 atom stereocenters. The van der Waals surface area contributed by atoms with Gasteiger partial charge in [0, 0.05) is 32.0 Å². The first-order valence-corrected chi connectivity index (χ1v) is 11.6. The number of aromatic amines is 1. The lowest BCUT2D eigenvalue weighted by molar-refractivity contribution is -0.116. The van der Waals surface area contributed by atoms with Crippen LogP contribution in [0.5, 0.6) is 0 Å². The number of likely N-dealkylation sites (N-methyl/N-ethyl adjacent to an activating group) is 1. The quantitative estimate of drug-likeness (QED) is 0.706. The van der Waals surface area contributed by atoms with Crippen LogP contribution in [0.3, 0.4) is 0 Å². The molecule has 2 N–H and O–H groups in total. The van der Waals surface area contributed by atoms with E-state index in [1.54, 1.807) is 11.8 Å². The van der Waals surface area contributed by atoms with Crippen molar-refractivity contribution in [2.24, 2.45) is 0 Å². The molecule has 0 bridgehead atoms. The first kappa shape index (κ1) is 23.0. The highest BCUT2D eigenvalue weighted by Crippen LogP contribution is 2.19. The van der Waals surface area contributed by atoms with Gasteiger partial charge in [-0.05, 0) is 49.6 Å². The summed E-state index contributed by atoms with van der Waals surface area (Å²) in [6.07, 6.45) is 5.29. The Labute approximate surface area is 181 Å². The zero-order chi connectivity index (χ0) is 22.6. The summed E-state index contributed by atoms with van der Waals surface area (Å²) in [4.78, 5) is 29.4. The Hall–Kier alpha value is -2.72. The molecule has 2 aromatic rings. The molecule has 0 aliphatic carbocycles. The number of hydrogen-bond donors (Lipinski definition) is 2. The van der Waals surface area contributed by atoms with Crippen molar-refractivity contribution in [1.29, 1.82) is 0 Å². The molecule has 1 aliphatic heterocycles. The molecule has 10 heteroatoms. The predicted octanol–water partition coefficient (Wildman–Crippen LogP) is 2.74. The molecule has 0 spiro atoms. The number of carbonyl (C=O) groups excluding carboxylic acids is 2. The number of amides is 2. The minimum Gasteiger partial charge on any atom is -0.356 e. The number of anilines is 1. The van der Waals surface area contributed by atoms with E-state index in [4.69, 9.17) is 0 Å². The summed E-state index contributed by atoms with van der Waals surface area (Å²) in [7, 11) is -2.70. The van der Waals surface area contributed by atoms with E-state index in [0.717, 1.165) is 30.0 Å². The Bertz CT molecular complexity index is 1060. The molecule has 0 unspecified atom stereocenters. The van der Waals surface area contributed by atoms with Crippen molar-refractivity contribution in [2.75, 3.05) is 32.0 Å². The van der Waals surface area contributed by atoms with Gasteiger partial charge in [0.05, 0.1) is 6.54 Å². The number of rotatable bonds is 6. The molecule has 0 radical (unpaired) electrons. The molecule has 2 amide bonds. The van der Waals surface area contributed by atoms with Crippen molar-refractivity contribution in [3.05, 3.63) is 47.5 Å². The largest absolute Gasteiger partial charge is 0.356 e. The number of sulfonamides is 1. The Balaban J connectivity index is 1.66. The lowest BCUT2D eigenvalue weighted by Gasteiger charge is -2.19. The van der Waals surface area contributed by atoms with Gasteiger partial charge in [0.1, 0.15) is 16.4 Å². The van der Waals surface area contributed by atoms with Gasteiger partial charge in [0.15, 0.2) is 0 Å². The Morgan fingerprint density at radius 2 is 1.84 bits per heavy atom. The van der Waals surface area contributed by atoms with E-state index in [0.29, 0.717) is 24.3 Å². The normalized spacial score (nSPS) is 15.0. The molecular formula is C21H27FN4O4S. The number of halogens is 1. The van der Waals surface area contributed by atoms with Crippen LogP contribution in [0.2, 0.25) is 0 Å². The third-order valence-electron chi connectivity index (χ3n) is 5.32. The third-order valence-corrected chi connectivity index (χ3v) is 7.10. The molecule has 8 nitrogen and oxygen atoms in total. The summed E-state index contributed by atoms with van der Waals surface area (Å²) < 4.78 is 39.8. The van der Waals surface area contributed by atoms with Crippen molar-refractivity contribution < 1.29 is 22.4 Å². The maximum absolute atomic E-state index is 13.2. The number of aryl methyl sites for hydroxylation is 1. The van der Waals surface area contributed by atoms with E-state index in [-0.39, 0.29) is 16.5 Å². The number of nitrogens with zero attached hydrogens (tertiary/aromatic N) is 2. The van der Waals surface area contributed by atoms with Gasteiger partial charge >= 0.3 is 0 Å². The summed E-state index contributed by atoms with van der Waals surface area (Å²) in [5.74, 6) is -1.21. The highest BCUT2D eigenvalue weighted by molar-refractivity contribution is 7.89. The number of hydrogen-bond acceptors (Lipinski definition) is 4. The molecular weight excluding hydrogens is 423 g/mol. The molecule has 1 fully saturated rings. The van der Waals surface area contributed by atoms with Gasteiger partial charge in [0.2, 0.25) is 15.9 Å². The van der Waals surface area contributed by atoms with Gasteiger partial charge in [-0.1, -0.05) is 12.8 Å². The van der Waals surface area contributed by atoms with Crippen molar-refractivity contribution >= 4 is 27.5 Å². The van der Waals surface area contributed by atoms with Gasteiger partial charge in [-0.2, -0.15) is 4.31 Å². The fourth-order valence-corrected chi connectivity index (χ4v) is 4.64. The monoisotopic (exact) mass is 450 g/mol. The first-order chi connectivity index (χ1) is 14.7. The van der Waals surface area contributed by atoms with Crippen LogP contribution in [-0.2, 0) is 14.8 Å². The van der Waals surface area contributed by atoms with E-state index in [9.17, 15) is 22.4 Å². The second-order valence-corrected chi connectivity index (χ2v) is 9.77. The second kappa shape index (κ2) is 9.61. The molecule has 3 rings (SSSR count). The maximum Gasteiger partial charge on any atom is 0.270 e. The van der Waals surface area contributed by atoms with E-state index in [2.05, 4.69) is 10.3 Å². The number of H-pyrrole nitrogens is 1. The summed E-state index contributed by atoms with van der Waals surface area (Å²) in [6, 6.07) is 5.22. The van der Waals surface area contributed by atoms with Crippen molar-refractivity contribution in [2.45, 2.75) is 37.5 Å². The number of carbonyl (C=O) groups is 2. The topological polar surface area (TPSA) is 103 Å². The lowest BCUT2D eigenvalue weighted by atomic mass is 10.2. The highest BCUT2D eigenvalue weighted by Gasteiger charge is 2.27. The average molecular weight is 451 g/mol. The van der Waals surface area contributed by atoms with E-state index in [1.165, 1.54) is 37.5 Å². The van der Waals surface area contributed by atoms with E-state index < -0.39 is 28.3 Å². The Morgan fingerprint density at radius 3 is 2.48 bits per heavy atom. The minimum atomic E-state index is -3.98. The van der Waals surface area contributed by atoms with Crippen LogP contribution in [0, 0.1) is 12.7 Å². The summed E-state index contributed by atoms with van der Waals surface area (Å²) in [5, 5.41) is 2.58. The molecule has 31 heavy (non-hydrogen) atoms. The van der Waals surface area contributed by atoms with Crippen LogP contribution in [-0.4, -0.2) is 61.1 Å². The summed E-state index contributed by atoms with van der Waals surface area (Å²) in [6.45, 7) is 2.52. The van der Waals surface area contributed by atoms with Crippen LogP contribution in [0.1, 0.15) is 41.7 Å². The van der Waals surface area contributed by atoms with Gasteiger partial charge < -0.3 is 15.2 Å². The smallest absolute Gasteiger partial charge is 0.270 e. The van der Waals surface area contributed by atoms with Crippen LogP contribution in [0.25, 0.3) is 0 Å². The van der Waals surface area contributed by atoms with E-state index in [1.807, 2.05) is 0 Å². The highest BCUT2D eigenvalue weighted by atomic mass is 32.2. The predicted molar refractivity (Wildman–Crippen MR) is 115 cm³/mol. The molecule has 1 aromatic carbocycles. The molecule has 0 saturated carbocycles. The standard InChI is InChI=1S/C21H27FN4O4S/c1-15-11-16(22)7-8-18(15)24-20(27)14-25(2)31(29,30)17-12-19(23-13-17)21(28)26-9-5-3-4-6-10-26/h7-8,11-13,23H,3-6,9-10,14H2,1-2H3,(H,24,27). The van der Waals surface area contributed by atoms with Crippen molar-refractivity contribution in [3.8, 4) is 0 Å². The van der Waals surface area contributed by atoms with Crippen LogP contribution in [0.15, 0.2) is 35.4 Å². The van der Waals surface area contributed by atoms with Crippen molar-refractivity contribution in [3.63, 3.8) is 0 Å². The molecule has 1 saturated heterocycles. The lowest BCUT2D eigenvalue weighted by Crippen LogP contribution is -2.35. The molecule has 1 aliphatic rings. The van der Waals surface area contributed by atoms with Gasteiger partial charge in [0.25, 0.3) is 5.91 Å². The average Bonchev–Trinajstić information content (AvgIpc) is 3.06. The van der Waals surface area contributed by atoms with Crippen LogP contribution >= 0.6 is 0 Å². The second-order valence-electron chi connectivity index (χ2n) is 7.72. The Morgan fingerprint density at radius 1 is 1.16 bits per heavy atom. The molecule has 2 heterocycles. The third kappa shape index (κ3) is 5.50. The summed E-state index contributed by atoms with van der Waals surface area (Å²) in [5.41, 5.74) is 1.14. The van der Waals surface area contributed by atoms with E-state index >= 15 is 0 Å². The fraction of sp³-hybridized carbons (Fsp3) is 0.429. The van der Waals surface area contributed by atoms with Gasteiger partial charge in [-0.25, -0.2) is 12.8 Å². The van der Waals surface area contributed by atoms with Crippen LogP contribution in [0.4, 0.5) is 10.1 Å². The number of benzene rings is 1. The zero-order valence-corrected chi connectivity index (χ0v) is 18.5. The number of likely N-dealkylation sites (tertiary alicyclic amines) is 1. The zero-order valence-electron chi connectivity index (χ0n) is 17.7. The minimum absolute atomic E-state index is 0.0843.